The summed E-state index contributed by atoms with van der Waals surface area (Å²) >= 11 is 0. The number of halogens is 3. The molecule has 3 rings (SSSR count). The number of alkyl halides is 3. The van der Waals surface area contributed by atoms with Crippen molar-refractivity contribution in [2.75, 3.05) is 32.0 Å². The maximum Gasteiger partial charge on any atom is 0.416 e. The summed E-state index contributed by atoms with van der Waals surface area (Å²) in [5.41, 5.74) is 5.33. The summed E-state index contributed by atoms with van der Waals surface area (Å²) in [6, 6.07) is 10.2. The summed E-state index contributed by atoms with van der Waals surface area (Å²) in [5.74, 6) is 0.357. The molecule has 1 aromatic heterocycles. The highest BCUT2D eigenvalue weighted by Crippen LogP contribution is 2.30. The SMILES string of the molecule is CCN(CCN(C)Cc1nc(N[C@H](C(N)=O)C(C)C)c2ccccc2n1)S(=O)(=O)c1ccc(C(F)(F)F)cc1. The van der Waals surface area contributed by atoms with Gasteiger partial charge < -0.3 is 11.1 Å². The monoisotopic (exact) mass is 566 g/mol. The van der Waals surface area contributed by atoms with Gasteiger partial charge in [0.1, 0.15) is 17.7 Å². The number of nitrogens with one attached hydrogen (secondary N) is 1. The molecule has 0 fully saturated rings. The van der Waals surface area contributed by atoms with Crippen LogP contribution in [0.2, 0.25) is 0 Å². The number of fused-ring (bicyclic) bond motifs is 1. The number of hydrogen-bond donors (Lipinski definition) is 2. The number of likely N-dealkylation sites (N-methyl/N-ethyl adjacent to an activating group) is 2. The molecule has 0 unspecified atom stereocenters. The Morgan fingerprint density at radius 2 is 1.69 bits per heavy atom. The van der Waals surface area contributed by atoms with Crippen LogP contribution in [0.15, 0.2) is 53.4 Å². The zero-order valence-electron chi connectivity index (χ0n) is 22.2. The normalized spacial score (nSPS) is 13.4. The lowest BCUT2D eigenvalue weighted by Gasteiger charge is -2.24. The number of primary amides is 1. The number of carbonyl (C=O) groups is 1. The fourth-order valence-electron chi connectivity index (χ4n) is 4.03. The van der Waals surface area contributed by atoms with Crippen molar-refractivity contribution in [3.8, 4) is 0 Å². The molecular formula is C26H33F3N6O3S. The Labute approximate surface area is 226 Å². The van der Waals surface area contributed by atoms with Gasteiger partial charge >= 0.3 is 6.18 Å². The van der Waals surface area contributed by atoms with Crippen molar-refractivity contribution < 1.29 is 26.4 Å². The molecule has 1 amide bonds. The molecule has 0 saturated carbocycles. The van der Waals surface area contributed by atoms with Crippen LogP contribution >= 0.6 is 0 Å². The Morgan fingerprint density at radius 3 is 2.26 bits per heavy atom. The van der Waals surface area contributed by atoms with Crippen LogP contribution in [0, 0.1) is 5.92 Å². The fraction of sp³-hybridized carbons (Fsp3) is 0.423. The van der Waals surface area contributed by atoms with Crippen LogP contribution in [0.5, 0.6) is 0 Å². The Kier molecular flexibility index (Phi) is 9.51. The van der Waals surface area contributed by atoms with Crippen molar-refractivity contribution in [2.24, 2.45) is 11.7 Å². The molecule has 39 heavy (non-hydrogen) atoms. The number of anilines is 1. The second-order valence-electron chi connectivity index (χ2n) is 9.53. The van der Waals surface area contributed by atoms with Gasteiger partial charge in [0.25, 0.3) is 0 Å². The van der Waals surface area contributed by atoms with E-state index in [0.717, 1.165) is 29.7 Å². The van der Waals surface area contributed by atoms with E-state index in [4.69, 9.17) is 5.73 Å². The molecule has 0 aliphatic heterocycles. The Bertz CT molecular complexity index is 1400. The highest BCUT2D eigenvalue weighted by atomic mass is 32.2. The van der Waals surface area contributed by atoms with E-state index in [0.29, 0.717) is 23.7 Å². The maximum atomic E-state index is 13.1. The quantitative estimate of drug-likeness (QED) is 0.343. The number of para-hydroxylation sites is 1. The zero-order valence-corrected chi connectivity index (χ0v) is 23.1. The highest BCUT2D eigenvalue weighted by molar-refractivity contribution is 7.89. The van der Waals surface area contributed by atoms with Crippen molar-refractivity contribution >= 4 is 32.7 Å². The van der Waals surface area contributed by atoms with E-state index < -0.39 is 33.7 Å². The Balaban J connectivity index is 1.75. The second-order valence-corrected chi connectivity index (χ2v) is 11.5. The van der Waals surface area contributed by atoms with Crippen LogP contribution in [0.1, 0.15) is 32.2 Å². The molecule has 3 aromatic rings. The van der Waals surface area contributed by atoms with Gasteiger partial charge in [-0.1, -0.05) is 32.9 Å². The predicted molar refractivity (Wildman–Crippen MR) is 143 cm³/mol. The average Bonchev–Trinajstić information content (AvgIpc) is 2.86. The minimum Gasteiger partial charge on any atom is -0.368 e. The first-order valence-electron chi connectivity index (χ1n) is 12.4. The van der Waals surface area contributed by atoms with Crippen molar-refractivity contribution in [2.45, 2.75) is 44.4 Å². The Hall–Kier alpha value is -3.29. The van der Waals surface area contributed by atoms with Crippen LogP contribution in [-0.2, 0) is 27.5 Å². The molecule has 1 atom stereocenters. The van der Waals surface area contributed by atoms with Crippen LogP contribution < -0.4 is 11.1 Å². The molecule has 0 saturated heterocycles. The van der Waals surface area contributed by atoms with Gasteiger partial charge in [-0.2, -0.15) is 17.5 Å². The Morgan fingerprint density at radius 1 is 1.05 bits per heavy atom. The largest absolute Gasteiger partial charge is 0.416 e. The van der Waals surface area contributed by atoms with Crippen LogP contribution in [0.25, 0.3) is 10.9 Å². The average molecular weight is 567 g/mol. The fourth-order valence-corrected chi connectivity index (χ4v) is 5.48. The summed E-state index contributed by atoms with van der Waals surface area (Å²) < 4.78 is 65.9. The summed E-state index contributed by atoms with van der Waals surface area (Å²) in [6.07, 6.45) is -4.55. The first kappa shape index (κ1) is 30.3. The lowest BCUT2D eigenvalue weighted by atomic mass is 10.0. The lowest BCUT2D eigenvalue weighted by molar-refractivity contribution is -0.137. The molecule has 0 radical (unpaired) electrons. The van der Waals surface area contributed by atoms with Gasteiger partial charge in [-0.25, -0.2) is 18.4 Å². The number of nitrogens with zero attached hydrogens (tertiary/aromatic N) is 4. The third-order valence-corrected chi connectivity index (χ3v) is 8.22. The third-order valence-electron chi connectivity index (χ3n) is 6.23. The second kappa shape index (κ2) is 12.3. The number of benzene rings is 2. The van der Waals surface area contributed by atoms with Gasteiger partial charge in [0.15, 0.2) is 0 Å². The van der Waals surface area contributed by atoms with E-state index in [9.17, 15) is 26.4 Å². The first-order valence-corrected chi connectivity index (χ1v) is 13.9. The third kappa shape index (κ3) is 7.43. The van der Waals surface area contributed by atoms with Gasteiger partial charge in [0, 0.05) is 25.0 Å². The van der Waals surface area contributed by atoms with Crippen LogP contribution in [0.4, 0.5) is 19.0 Å². The standard InChI is InChI=1S/C26H33F3N6O3S/c1-5-35(39(37,38)19-12-10-18(11-13-19)26(27,28)29)15-14-34(4)16-22-31-21-9-7-6-8-20(21)25(32-22)33-23(17(2)3)24(30)36/h6-13,17,23H,5,14-16H2,1-4H3,(H2,30,36)(H,31,32,33)/t23-/m0/s1. The summed E-state index contributed by atoms with van der Waals surface area (Å²) in [6.45, 7) is 6.24. The summed E-state index contributed by atoms with van der Waals surface area (Å²) in [4.78, 5) is 22.8. The number of hydrogen-bond acceptors (Lipinski definition) is 7. The molecule has 13 heteroatoms. The summed E-state index contributed by atoms with van der Waals surface area (Å²) in [5, 5.41) is 3.88. The van der Waals surface area contributed by atoms with Gasteiger partial charge in [-0.15, -0.1) is 0 Å². The van der Waals surface area contributed by atoms with Crippen molar-refractivity contribution in [3.05, 3.63) is 59.9 Å². The number of nitrogens with two attached hydrogens (primary N) is 1. The van der Waals surface area contributed by atoms with E-state index in [1.54, 1.807) is 14.0 Å². The molecule has 0 aliphatic rings. The van der Waals surface area contributed by atoms with Gasteiger partial charge in [-0.05, 0) is 49.4 Å². The van der Waals surface area contributed by atoms with Gasteiger partial charge in [-0.3, -0.25) is 9.69 Å². The minimum absolute atomic E-state index is 0.0750. The highest BCUT2D eigenvalue weighted by Gasteiger charge is 2.31. The topological polar surface area (TPSA) is 122 Å². The number of sulfonamides is 1. The maximum absolute atomic E-state index is 13.1. The van der Waals surface area contributed by atoms with E-state index in [1.807, 2.05) is 43.0 Å². The molecule has 212 valence electrons. The molecule has 1 heterocycles. The van der Waals surface area contributed by atoms with Gasteiger partial charge in [0.2, 0.25) is 15.9 Å². The molecular weight excluding hydrogens is 533 g/mol. The van der Waals surface area contributed by atoms with Gasteiger partial charge in [0.05, 0.1) is 22.5 Å². The molecule has 0 spiro atoms. The minimum atomic E-state index is -4.55. The van der Waals surface area contributed by atoms with Crippen molar-refractivity contribution in [1.82, 2.24) is 19.2 Å². The van der Waals surface area contributed by atoms with Crippen molar-refractivity contribution in [3.63, 3.8) is 0 Å². The molecule has 0 bridgehead atoms. The molecule has 9 nitrogen and oxygen atoms in total. The smallest absolute Gasteiger partial charge is 0.368 e. The van der Waals surface area contributed by atoms with Crippen LogP contribution in [0.3, 0.4) is 0 Å². The zero-order chi connectivity index (χ0) is 29.0. The summed E-state index contributed by atoms with van der Waals surface area (Å²) in [7, 11) is -2.21. The van der Waals surface area contributed by atoms with Crippen LogP contribution in [-0.4, -0.2) is 66.2 Å². The number of amides is 1. The predicted octanol–water partition coefficient (Wildman–Crippen LogP) is 3.71. The lowest BCUT2D eigenvalue weighted by Crippen LogP contribution is -2.40. The number of aromatic nitrogens is 2. The number of carbonyl (C=O) groups excluding carboxylic acids is 1. The van der Waals surface area contributed by atoms with E-state index in [-0.39, 0.29) is 30.4 Å². The van der Waals surface area contributed by atoms with E-state index in [1.165, 1.54) is 4.31 Å². The first-order chi connectivity index (χ1) is 18.2. The van der Waals surface area contributed by atoms with Crippen molar-refractivity contribution in [1.29, 1.82) is 0 Å². The molecule has 0 aliphatic carbocycles. The number of rotatable bonds is 12. The van der Waals surface area contributed by atoms with E-state index >= 15 is 0 Å². The molecule has 3 N–H and O–H groups in total. The van der Waals surface area contributed by atoms with E-state index in [2.05, 4.69) is 15.3 Å². The molecule has 2 aromatic carbocycles.